The number of sulfonamides is 1. The van der Waals surface area contributed by atoms with Gasteiger partial charge in [0.05, 0.1) is 10.6 Å². The lowest BCUT2D eigenvalue weighted by molar-refractivity contribution is 0.508. The van der Waals surface area contributed by atoms with Crippen LogP contribution in [0.3, 0.4) is 0 Å². The summed E-state index contributed by atoms with van der Waals surface area (Å²) in [7, 11) is -3.64. The molecule has 0 aliphatic heterocycles. The van der Waals surface area contributed by atoms with Crippen molar-refractivity contribution in [1.82, 2.24) is 9.71 Å². The number of nitrogens with two attached hydrogens (primary N) is 1. The normalized spacial score (nSPS) is 18.4. The van der Waals surface area contributed by atoms with Gasteiger partial charge in [-0.15, -0.1) is 11.3 Å². The molecule has 3 rings (SSSR count). The van der Waals surface area contributed by atoms with Gasteiger partial charge < -0.3 is 5.73 Å². The predicted octanol–water partition coefficient (Wildman–Crippen LogP) is 1.70. The number of aromatic nitrogens is 1. The number of fused-ring (bicyclic) bond motifs is 1. The van der Waals surface area contributed by atoms with Gasteiger partial charge in [-0.05, 0) is 37.1 Å². The van der Waals surface area contributed by atoms with Crippen molar-refractivity contribution in [2.45, 2.75) is 30.2 Å². The van der Waals surface area contributed by atoms with Crippen LogP contribution in [-0.2, 0) is 22.9 Å². The van der Waals surface area contributed by atoms with Gasteiger partial charge in [-0.25, -0.2) is 22.5 Å². The summed E-state index contributed by atoms with van der Waals surface area (Å²) in [5.41, 5.74) is 6.64. The summed E-state index contributed by atoms with van der Waals surface area (Å²) >= 11 is 1.40. The van der Waals surface area contributed by atoms with E-state index in [4.69, 9.17) is 5.73 Å². The number of rotatable bonds is 3. The first kappa shape index (κ1) is 14.4. The molecular weight excluding hydrogens is 313 g/mol. The Balaban J connectivity index is 1.76. The Morgan fingerprint density at radius 1 is 1.33 bits per heavy atom. The second-order valence-corrected chi connectivity index (χ2v) is 7.77. The Labute approximate surface area is 126 Å². The van der Waals surface area contributed by atoms with Crippen molar-refractivity contribution in [2.24, 2.45) is 0 Å². The summed E-state index contributed by atoms with van der Waals surface area (Å²) in [5, 5.41) is 0.516. The second-order valence-electron chi connectivity index (χ2n) is 4.94. The fourth-order valence-corrected chi connectivity index (χ4v) is 4.63. The van der Waals surface area contributed by atoms with Gasteiger partial charge in [-0.3, -0.25) is 0 Å². The van der Waals surface area contributed by atoms with Crippen LogP contribution in [0.2, 0.25) is 0 Å². The molecule has 2 aromatic rings. The highest BCUT2D eigenvalue weighted by molar-refractivity contribution is 7.89. The van der Waals surface area contributed by atoms with E-state index in [-0.39, 0.29) is 10.9 Å². The summed E-state index contributed by atoms with van der Waals surface area (Å²) in [4.78, 5) is 5.33. The maximum absolute atomic E-state index is 12.9. The highest BCUT2D eigenvalue weighted by atomic mass is 32.2. The minimum Gasteiger partial charge on any atom is -0.375 e. The molecule has 1 atom stereocenters. The van der Waals surface area contributed by atoms with Crippen molar-refractivity contribution in [1.29, 1.82) is 0 Å². The Morgan fingerprint density at radius 2 is 2.05 bits per heavy atom. The molecule has 0 spiro atoms. The fourth-order valence-electron chi connectivity index (χ4n) is 2.40. The van der Waals surface area contributed by atoms with Crippen molar-refractivity contribution in [3.63, 3.8) is 0 Å². The number of nitrogens with one attached hydrogen (secondary N) is 1. The van der Waals surface area contributed by atoms with E-state index in [2.05, 4.69) is 9.71 Å². The summed E-state index contributed by atoms with van der Waals surface area (Å²) in [6, 6.07) is 4.61. The summed E-state index contributed by atoms with van der Waals surface area (Å²) in [6.07, 6.45) is 1.97. The topological polar surface area (TPSA) is 85.1 Å². The van der Waals surface area contributed by atoms with Crippen LogP contribution in [0.5, 0.6) is 0 Å². The average Bonchev–Trinajstić information content (AvgIpc) is 2.78. The zero-order valence-electron chi connectivity index (χ0n) is 11.0. The summed E-state index contributed by atoms with van der Waals surface area (Å²) < 4.78 is 40.1. The van der Waals surface area contributed by atoms with Crippen molar-refractivity contribution in [2.75, 3.05) is 5.73 Å². The molecule has 3 N–H and O–H groups in total. The molecule has 8 heteroatoms. The Bertz CT molecular complexity index is 756. The number of halogens is 1. The largest absolute Gasteiger partial charge is 0.375 e. The van der Waals surface area contributed by atoms with Gasteiger partial charge in [0.2, 0.25) is 10.0 Å². The van der Waals surface area contributed by atoms with Crippen LogP contribution in [0.25, 0.3) is 0 Å². The number of benzene rings is 1. The fraction of sp³-hybridized carbons (Fsp3) is 0.308. The maximum atomic E-state index is 12.9. The lowest BCUT2D eigenvalue weighted by Crippen LogP contribution is -2.38. The van der Waals surface area contributed by atoms with E-state index in [1.165, 1.54) is 23.5 Å². The van der Waals surface area contributed by atoms with Crippen LogP contribution < -0.4 is 10.5 Å². The van der Waals surface area contributed by atoms with Gasteiger partial charge in [-0.1, -0.05) is 0 Å². The van der Waals surface area contributed by atoms with Crippen molar-refractivity contribution < 1.29 is 12.8 Å². The first-order valence-corrected chi connectivity index (χ1v) is 8.76. The monoisotopic (exact) mass is 327 g/mol. The van der Waals surface area contributed by atoms with Crippen molar-refractivity contribution in [3.8, 4) is 0 Å². The van der Waals surface area contributed by atoms with Gasteiger partial charge in [0.1, 0.15) is 5.82 Å². The third-order valence-corrected chi connectivity index (χ3v) is 5.89. The van der Waals surface area contributed by atoms with Crippen molar-refractivity contribution in [3.05, 3.63) is 40.7 Å². The Morgan fingerprint density at radius 3 is 2.76 bits per heavy atom. The average molecular weight is 327 g/mol. The molecule has 0 amide bonds. The van der Waals surface area contributed by atoms with E-state index in [9.17, 15) is 12.8 Å². The standard InChI is InChI=1S/C13H14FN3O2S2/c14-8-1-4-10(5-2-8)21(18,19)17-9-3-6-11-12(7-9)20-13(15)16-11/h1-2,4-5,9,17H,3,6-7H2,(H2,15,16). The highest BCUT2D eigenvalue weighted by Crippen LogP contribution is 2.28. The SMILES string of the molecule is Nc1nc2c(s1)CC(NS(=O)(=O)c1ccc(F)cc1)CC2. The van der Waals surface area contributed by atoms with E-state index >= 15 is 0 Å². The van der Waals surface area contributed by atoms with E-state index in [1.54, 1.807) is 0 Å². The van der Waals surface area contributed by atoms with Crippen LogP contribution in [0.15, 0.2) is 29.2 Å². The molecule has 112 valence electrons. The quantitative estimate of drug-likeness (QED) is 0.898. The molecule has 0 bridgehead atoms. The summed E-state index contributed by atoms with van der Waals surface area (Å²) in [5.74, 6) is -0.462. The molecular formula is C13H14FN3O2S2. The zero-order valence-corrected chi connectivity index (χ0v) is 12.7. The number of thiazole rings is 1. The van der Waals surface area contributed by atoms with Gasteiger partial charge >= 0.3 is 0 Å². The van der Waals surface area contributed by atoms with Gasteiger partial charge in [0.25, 0.3) is 0 Å². The maximum Gasteiger partial charge on any atom is 0.240 e. The van der Waals surface area contributed by atoms with E-state index < -0.39 is 15.8 Å². The van der Waals surface area contributed by atoms with Crippen LogP contribution in [-0.4, -0.2) is 19.4 Å². The Kier molecular flexibility index (Phi) is 3.68. The number of hydrogen-bond acceptors (Lipinski definition) is 5. The third-order valence-electron chi connectivity index (χ3n) is 3.40. The third kappa shape index (κ3) is 3.07. The number of nitrogens with zero attached hydrogens (tertiary/aromatic N) is 1. The van der Waals surface area contributed by atoms with Gasteiger partial charge in [0, 0.05) is 17.3 Å². The van der Waals surface area contributed by atoms with E-state index in [0.29, 0.717) is 24.4 Å². The predicted molar refractivity (Wildman–Crippen MR) is 79.1 cm³/mol. The van der Waals surface area contributed by atoms with E-state index in [1.807, 2.05) is 0 Å². The number of hydrogen-bond donors (Lipinski definition) is 2. The molecule has 0 saturated carbocycles. The first-order valence-electron chi connectivity index (χ1n) is 6.46. The molecule has 1 aliphatic rings. The molecule has 0 radical (unpaired) electrons. The second kappa shape index (κ2) is 5.36. The molecule has 1 aromatic carbocycles. The van der Waals surface area contributed by atoms with Crippen LogP contribution in [0.1, 0.15) is 17.0 Å². The molecule has 1 heterocycles. The zero-order chi connectivity index (χ0) is 15.0. The number of aryl methyl sites for hydroxylation is 1. The lowest BCUT2D eigenvalue weighted by atomic mass is 9.99. The smallest absolute Gasteiger partial charge is 0.240 e. The summed E-state index contributed by atoms with van der Waals surface area (Å²) in [6.45, 7) is 0. The highest BCUT2D eigenvalue weighted by Gasteiger charge is 2.26. The minimum absolute atomic E-state index is 0.0681. The molecule has 0 saturated heterocycles. The van der Waals surface area contributed by atoms with Gasteiger partial charge in [-0.2, -0.15) is 0 Å². The molecule has 1 aromatic heterocycles. The van der Waals surface area contributed by atoms with Crippen LogP contribution in [0, 0.1) is 5.82 Å². The van der Waals surface area contributed by atoms with Crippen molar-refractivity contribution >= 4 is 26.5 Å². The van der Waals surface area contributed by atoms with Crippen LogP contribution >= 0.6 is 11.3 Å². The minimum atomic E-state index is -3.64. The van der Waals surface area contributed by atoms with Crippen LogP contribution in [0.4, 0.5) is 9.52 Å². The molecule has 5 nitrogen and oxygen atoms in total. The number of nitrogen functional groups attached to an aromatic ring is 1. The lowest BCUT2D eigenvalue weighted by Gasteiger charge is -2.22. The molecule has 1 aliphatic carbocycles. The number of anilines is 1. The van der Waals surface area contributed by atoms with E-state index in [0.717, 1.165) is 22.7 Å². The molecule has 0 fully saturated rings. The van der Waals surface area contributed by atoms with Gasteiger partial charge in [0.15, 0.2) is 5.13 Å². The Hall–Kier alpha value is -1.51. The molecule has 1 unspecified atom stereocenters. The molecule has 21 heavy (non-hydrogen) atoms. The first-order chi connectivity index (χ1) is 9.94.